The number of ether oxygens (including phenoxy) is 2. The van der Waals surface area contributed by atoms with Crippen molar-refractivity contribution in [1.82, 2.24) is 5.32 Å². The molecular weight excluding hydrogens is 452 g/mol. The second-order valence-electron chi connectivity index (χ2n) is 8.26. The van der Waals surface area contributed by atoms with Crippen LogP contribution in [0, 0.1) is 17.2 Å². The van der Waals surface area contributed by atoms with Gasteiger partial charge in [-0.3, -0.25) is 0 Å². The van der Waals surface area contributed by atoms with Crippen molar-refractivity contribution in [3.63, 3.8) is 0 Å². The summed E-state index contributed by atoms with van der Waals surface area (Å²) in [6, 6.07) is 21.5. The summed E-state index contributed by atoms with van der Waals surface area (Å²) < 4.78 is 10.9. The number of benzene rings is 2. The van der Waals surface area contributed by atoms with Gasteiger partial charge in [0.2, 0.25) is 0 Å². The van der Waals surface area contributed by atoms with E-state index in [1.54, 1.807) is 19.9 Å². The Morgan fingerprint density at radius 2 is 1.39 bits per heavy atom. The van der Waals surface area contributed by atoms with Gasteiger partial charge in [-0.05, 0) is 37.5 Å². The summed E-state index contributed by atoms with van der Waals surface area (Å²) in [7, 11) is 0. The molecule has 1 heterocycles. The number of hydrogen-bond donors (Lipinski definition) is 1. The third-order valence-electron chi connectivity index (χ3n) is 5.67. The van der Waals surface area contributed by atoms with Gasteiger partial charge >= 0.3 is 11.9 Å². The largest absolute Gasteiger partial charge is 0.461 e. The Morgan fingerprint density at radius 3 is 1.94 bits per heavy atom. The molecule has 0 aromatic heterocycles. The molecule has 1 aliphatic heterocycles. The molecule has 0 saturated carbocycles. The number of rotatable bonds is 10. The number of dihydropyridines is 1. The normalized spacial score (nSPS) is 15.6. The maximum atomic E-state index is 13.2. The van der Waals surface area contributed by atoms with E-state index < -0.39 is 17.9 Å². The van der Waals surface area contributed by atoms with Crippen LogP contribution in [0.5, 0.6) is 0 Å². The molecule has 0 spiro atoms. The Hall–Kier alpha value is -4.37. The topological polar surface area (TPSA) is 88.4 Å². The molecule has 6 nitrogen and oxygen atoms in total. The van der Waals surface area contributed by atoms with E-state index >= 15 is 0 Å². The van der Waals surface area contributed by atoms with Gasteiger partial charge in [-0.15, -0.1) is 0 Å². The van der Waals surface area contributed by atoms with Gasteiger partial charge in [0.1, 0.15) is 13.2 Å². The molecule has 184 valence electrons. The first kappa shape index (κ1) is 26.2. The predicted octanol–water partition coefficient (Wildman–Crippen LogP) is 5.57. The van der Waals surface area contributed by atoms with Crippen molar-refractivity contribution >= 4 is 24.1 Å². The second kappa shape index (κ2) is 13.5. The van der Waals surface area contributed by atoms with Crippen molar-refractivity contribution in [2.45, 2.75) is 26.7 Å². The van der Waals surface area contributed by atoms with Gasteiger partial charge in [0, 0.05) is 17.3 Å². The van der Waals surface area contributed by atoms with E-state index in [2.05, 4.69) is 5.32 Å². The summed E-state index contributed by atoms with van der Waals surface area (Å²) in [5.74, 6) is -1.59. The molecule has 0 radical (unpaired) electrons. The maximum absolute atomic E-state index is 13.2. The Kier molecular flexibility index (Phi) is 9.84. The average Bonchev–Trinajstić information content (AvgIpc) is 2.88. The summed E-state index contributed by atoms with van der Waals surface area (Å²) in [5.41, 5.74) is 4.03. The van der Waals surface area contributed by atoms with E-state index in [0.717, 1.165) is 11.1 Å². The molecule has 1 N–H and O–H groups in total. The first-order chi connectivity index (χ1) is 17.5. The smallest absolute Gasteiger partial charge is 0.336 e. The molecule has 2 aromatic rings. The van der Waals surface area contributed by atoms with Crippen molar-refractivity contribution in [3.05, 3.63) is 106 Å². The second-order valence-corrected chi connectivity index (χ2v) is 8.26. The number of carbonyl (C=O) groups excluding carboxylic acids is 2. The monoisotopic (exact) mass is 482 g/mol. The summed E-state index contributed by atoms with van der Waals surface area (Å²) in [4.78, 5) is 26.2. The van der Waals surface area contributed by atoms with Crippen LogP contribution in [-0.2, 0) is 19.1 Å². The molecule has 0 aliphatic carbocycles. The standard InChI is InChI=1S/C30H30N2O4/c1-22-27(29(33)35-20-10-17-25-14-7-4-8-15-25)26(18-9-16-24-12-5-3-6-13-24)28(23(2)32-22)30(34)36-21-11-19-31/h3-10,12-17,26,32H,11,18,20-21H2,1-2H3/b16-9+,17-10+. The third-order valence-corrected chi connectivity index (χ3v) is 5.67. The molecule has 3 rings (SSSR count). The number of esters is 2. The number of carbonyl (C=O) groups is 2. The number of nitrogens with one attached hydrogen (secondary N) is 1. The highest BCUT2D eigenvalue weighted by molar-refractivity contribution is 5.98. The molecule has 1 unspecified atom stereocenters. The van der Waals surface area contributed by atoms with Crippen molar-refractivity contribution in [3.8, 4) is 6.07 Å². The van der Waals surface area contributed by atoms with Gasteiger partial charge in [-0.1, -0.05) is 78.9 Å². The lowest BCUT2D eigenvalue weighted by Crippen LogP contribution is -2.33. The average molecular weight is 483 g/mol. The zero-order valence-electron chi connectivity index (χ0n) is 20.6. The van der Waals surface area contributed by atoms with Crippen molar-refractivity contribution < 1.29 is 19.1 Å². The zero-order chi connectivity index (χ0) is 25.8. The Bertz CT molecular complexity index is 1220. The molecule has 2 aromatic carbocycles. The minimum absolute atomic E-state index is 0.00849. The van der Waals surface area contributed by atoms with Crippen LogP contribution in [0.2, 0.25) is 0 Å². The summed E-state index contributed by atoms with van der Waals surface area (Å²) in [6.07, 6.45) is 8.06. The zero-order valence-corrected chi connectivity index (χ0v) is 20.6. The van der Waals surface area contributed by atoms with Crippen LogP contribution in [0.25, 0.3) is 12.2 Å². The molecule has 0 bridgehead atoms. The highest BCUT2D eigenvalue weighted by Crippen LogP contribution is 2.34. The van der Waals surface area contributed by atoms with Crippen molar-refractivity contribution in [2.75, 3.05) is 13.2 Å². The van der Waals surface area contributed by atoms with Crippen molar-refractivity contribution in [1.29, 1.82) is 5.26 Å². The van der Waals surface area contributed by atoms with Gasteiger partial charge in [-0.2, -0.15) is 5.26 Å². The van der Waals surface area contributed by atoms with E-state index in [1.165, 1.54) is 0 Å². The van der Waals surface area contributed by atoms with Crippen LogP contribution in [-0.4, -0.2) is 25.2 Å². The molecular formula is C30H30N2O4. The van der Waals surface area contributed by atoms with Crippen LogP contribution >= 0.6 is 0 Å². The van der Waals surface area contributed by atoms with Crippen molar-refractivity contribution in [2.24, 2.45) is 5.92 Å². The first-order valence-corrected chi connectivity index (χ1v) is 11.8. The fourth-order valence-corrected chi connectivity index (χ4v) is 4.03. The van der Waals surface area contributed by atoms with Gasteiger partial charge in [0.15, 0.2) is 0 Å². The third kappa shape index (κ3) is 7.31. The fourth-order valence-electron chi connectivity index (χ4n) is 4.03. The summed E-state index contributed by atoms with van der Waals surface area (Å²) >= 11 is 0. The lowest BCUT2D eigenvalue weighted by molar-refractivity contribution is -0.140. The predicted molar refractivity (Wildman–Crippen MR) is 140 cm³/mol. The summed E-state index contributed by atoms with van der Waals surface area (Å²) in [5, 5.41) is 11.9. The Labute approximate surface area is 212 Å². The molecule has 0 fully saturated rings. The van der Waals surface area contributed by atoms with E-state index in [1.807, 2.05) is 85.0 Å². The van der Waals surface area contributed by atoms with Gasteiger partial charge < -0.3 is 14.8 Å². The Morgan fingerprint density at radius 1 is 0.861 bits per heavy atom. The number of allylic oxidation sites excluding steroid dienone is 3. The van der Waals surface area contributed by atoms with Crippen LogP contribution in [0.3, 0.4) is 0 Å². The van der Waals surface area contributed by atoms with E-state index in [-0.39, 0.29) is 19.6 Å². The number of nitriles is 1. The van der Waals surface area contributed by atoms with E-state index in [9.17, 15) is 9.59 Å². The van der Waals surface area contributed by atoms with E-state index in [4.69, 9.17) is 14.7 Å². The van der Waals surface area contributed by atoms with Crippen LogP contribution in [0.1, 0.15) is 37.8 Å². The highest BCUT2D eigenvalue weighted by Gasteiger charge is 2.36. The highest BCUT2D eigenvalue weighted by atomic mass is 16.5. The maximum Gasteiger partial charge on any atom is 0.336 e. The molecule has 0 amide bonds. The Balaban J connectivity index is 1.80. The molecule has 36 heavy (non-hydrogen) atoms. The van der Waals surface area contributed by atoms with Crippen LogP contribution in [0.15, 0.2) is 95.4 Å². The van der Waals surface area contributed by atoms with E-state index in [0.29, 0.717) is 29.0 Å². The van der Waals surface area contributed by atoms with Gasteiger partial charge in [0.25, 0.3) is 0 Å². The van der Waals surface area contributed by atoms with Gasteiger partial charge in [0.05, 0.1) is 23.6 Å². The molecule has 1 atom stereocenters. The quantitative estimate of drug-likeness (QED) is 0.352. The molecule has 6 heteroatoms. The fraction of sp³-hybridized carbons (Fsp3) is 0.233. The van der Waals surface area contributed by atoms with Crippen LogP contribution < -0.4 is 5.32 Å². The lowest BCUT2D eigenvalue weighted by Gasteiger charge is -2.29. The SMILES string of the molecule is CC1=C(C(=O)OC/C=C/c2ccccc2)C(C/C=C/c2ccccc2)C(C(=O)OCCC#N)=C(C)N1. The van der Waals surface area contributed by atoms with Crippen LogP contribution in [0.4, 0.5) is 0 Å². The molecule has 0 saturated heterocycles. The summed E-state index contributed by atoms with van der Waals surface area (Å²) in [6.45, 7) is 3.67. The lowest BCUT2D eigenvalue weighted by atomic mass is 9.83. The number of nitrogens with zero attached hydrogens (tertiary/aromatic N) is 1. The van der Waals surface area contributed by atoms with Gasteiger partial charge in [-0.25, -0.2) is 9.59 Å². The minimum Gasteiger partial charge on any atom is -0.461 e. The number of hydrogen-bond acceptors (Lipinski definition) is 6. The first-order valence-electron chi connectivity index (χ1n) is 11.8. The minimum atomic E-state index is -0.550. The molecule has 1 aliphatic rings.